The summed E-state index contributed by atoms with van der Waals surface area (Å²) in [5.41, 5.74) is 1.96. The van der Waals surface area contributed by atoms with Crippen molar-refractivity contribution >= 4 is 28.9 Å². The Kier molecular flexibility index (Phi) is 4.97. The number of carbonyl (C=O) groups excluding carboxylic acids is 1. The normalized spacial score (nSPS) is 19.6. The first kappa shape index (κ1) is 21.2. The van der Waals surface area contributed by atoms with Crippen molar-refractivity contribution in [1.82, 2.24) is 4.57 Å². The zero-order valence-electron chi connectivity index (χ0n) is 18.1. The highest BCUT2D eigenvalue weighted by Gasteiger charge is 2.40. The number of rotatable bonds is 3. The van der Waals surface area contributed by atoms with Gasteiger partial charge in [-0.05, 0) is 29.0 Å². The Morgan fingerprint density at radius 2 is 1.88 bits per heavy atom. The summed E-state index contributed by atoms with van der Waals surface area (Å²) in [4.78, 5) is 43.1. The fourth-order valence-electron chi connectivity index (χ4n) is 4.57. The number of aromatic nitrogens is 1. The molecule has 2 heterocycles. The van der Waals surface area contributed by atoms with Crippen molar-refractivity contribution < 1.29 is 9.72 Å². The van der Waals surface area contributed by atoms with Crippen LogP contribution in [0.25, 0.3) is 6.08 Å². The summed E-state index contributed by atoms with van der Waals surface area (Å²) in [6.45, 7) is 4.05. The third-order valence-electron chi connectivity index (χ3n) is 5.99. The Balaban J connectivity index is 1.79. The number of hydrogen-bond acceptors (Lipinski definition) is 6. The van der Waals surface area contributed by atoms with Crippen LogP contribution in [0.4, 0.5) is 5.69 Å². The molecule has 0 saturated heterocycles. The maximum absolute atomic E-state index is 13.5. The van der Waals surface area contributed by atoms with Gasteiger partial charge >= 0.3 is 0 Å². The van der Waals surface area contributed by atoms with Crippen molar-refractivity contribution in [3.63, 3.8) is 0 Å². The van der Waals surface area contributed by atoms with Crippen molar-refractivity contribution in [2.24, 2.45) is 10.4 Å². The van der Waals surface area contributed by atoms with E-state index in [9.17, 15) is 19.7 Å². The van der Waals surface area contributed by atoms with Crippen molar-refractivity contribution in [3.05, 3.63) is 107 Å². The quantitative estimate of drug-likeness (QED) is 0.442. The van der Waals surface area contributed by atoms with Crippen molar-refractivity contribution in [2.45, 2.75) is 32.7 Å². The van der Waals surface area contributed by atoms with Gasteiger partial charge in [-0.3, -0.25) is 24.3 Å². The van der Waals surface area contributed by atoms with Gasteiger partial charge in [0, 0.05) is 24.1 Å². The fourth-order valence-corrected chi connectivity index (χ4v) is 5.59. The minimum Gasteiger partial charge on any atom is -0.294 e. The van der Waals surface area contributed by atoms with Gasteiger partial charge in [0.2, 0.25) is 0 Å². The lowest BCUT2D eigenvalue weighted by molar-refractivity contribution is -0.384. The monoisotopic (exact) mass is 459 g/mol. The predicted octanol–water partition coefficient (Wildman–Crippen LogP) is 3.51. The standard InChI is InChI=1S/C25H21N3O4S/c1-25(2)13-18-21(19(29)14-25)22(16-9-6-10-17(12-16)28(31)32)27-23(30)20(33-24(27)26-18)11-15-7-4-3-5-8-15/h3-12,22H,13-14H2,1-2H3. The number of nitro benzene ring substituents is 1. The molecule has 2 aliphatic rings. The van der Waals surface area contributed by atoms with Crippen molar-refractivity contribution in [1.29, 1.82) is 0 Å². The van der Waals surface area contributed by atoms with Crippen LogP contribution in [0.2, 0.25) is 0 Å². The lowest BCUT2D eigenvalue weighted by atomic mass is 9.73. The number of benzene rings is 2. The number of ketones is 1. The fraction of sp³-hybridized carbons (Fsp3) is 0.240. The molecule has 33 heavy (non-hydrogen) atoms. The highest BCUT2D eigenvalue weighted by Crippen LogP contribution is 2.43. The van der Waals surface area contributed by atoms with E-state index < -0.39 is 11.0 Å². The molecule has 5 rings (SSSR count). The van der Waals surface area contributed by atoms with Crippen LogP contribution in [-0.2, 0) is 4.79 Å². The number of nitro groups is 1. The second-order valence-electron chi connectivity index (χ2n) is 9.15. The smallest absolute Gasteiger partial charge is 0.271 e. The van der Waals surface area contributed by atoms with Crippen LogP contribution in [0, 0.1) is 15.5 Å². The first-order valence-corrected chi connectivity index (χ1v) is 11.4. The molecular weight excluding hydrogens is 438 g/mol. The predicted molar refractivity (Wildman–Crippen MR) is 126 cm³/mol. The largest absolute Gasteiger partial charge is 0.294 e. The van der Waals surface area contributed by atoms with E-state index in [2.05, 4.69) is 0 Å². The molecule has 1 aliphatic heterocycles. The van der Waals surface area contributed by atoms with Gasteiger partial charge in [-0.1, -0.05) is 67.6 Å². The molecule has 0 fully saturated rings. The summed E-state index contributed by atoms with van der Waals surface area (Å²) in [5.74, 6) is -0.0705. The molecule has 7 nitrogen and oxygen atoms in total. The van der Waals surface area contributed by atoms with E-state index >= 15 is 0 Å². The SMILES string of the molecule is CC1(C)CC(=O)C2=C(C1)N=c1sc(=Cc3ccccc3)c(=O)n1C2c1cccc([N+](=O)[O-])c1. The molecule has 1 aliphatic carbocycles. The van der Waals surface area contributed by atoms with Crippen LogP contribution in [-0.4, -0.2) is 15.3 Å². The van der Waals surface area contributed by atoms with Crippen LogP contribution in [0.5, 0.6) is 0 Å². The van der Waals surface area contributed by atoms with E-state index in [4.69, 9.17) is 4.99 Å². The van der Waals surface area contributed by atoms with Crippen LogP contribution in [0.3, 0.4) is 0 Å². The number of thiazole rings is 1. The highest BCUT2D eigenvalue weighted by molar-refractivity contribution is 7.07. The van der Waals surface area contributed by atoms with Gasteiger partial charge in [0.15, 0.2) is 10.6 Å². The third-order valence-corrected chi connectivity index (χ3v) is 6.97. The van der Waals surface area contributed by atoms with E-state index in [1.54, 1.807) is 12.1 Å². The zero-order valence-corrected chi connectivity index (χ0v) is 19.0. The van der Waals surface area contributed by atoms with Crippen LogP contribution < -0.4 is 14.9 Å². The number of nitrogens with zero attached hydrogens (tertiary/aromatic N) is 3. The van der Waals surface area contributed by atoms with Gasteiger partial charge < -0.3 is 0 Å². The number of fused-ring (bicyclic) bond motifs is 1. The summed E-state index contributed by atoms with van der Waals surface area (Å²) >= 11 is 1.27. The Labute approximate surface area is 193 Å². The van der Waals surface area contributed by atoms with Crippen LogP contribution in [0.15, 0.2) is 75.7 Å². The Hall–Kier alpha value is -3.65. The molecule has 0 amide bonds. The summed E-state index contributed by atoms with van der Waals surface area (Å²) in [6.07, 6.45) is 2.75. The number of carbonyl (C=O) groups is 1. The molecule has 0 bridgehead atoms. The van der Waals surface area contributed by atoms with E-state index in [1.807, 2.05) is 50.3 Å². The van der Waals surface area contributed by atoms with Crippen molar-refractivity contribution in [3.8, 4) is 0 Å². The Bertz CT molecular complexity index is 1510. The van der Waals surface area contributed by atoms with Gasteiger partial charge in [0.25, 0.3) is 11.2 Å². The van der Waals surface area contributed by atoms with E-state index in [0.29, 0.717) is 39.0 Å². The van der Waals surface area contributed by atoms with Crippen molar-refractivity contribution in [2.75, 3.05) is 0 Å². The number of Topliss-reactive ketones (excluding diaryl/α,β-unsaturated/α-hetero) is 1. The lowest BCUT2D eigenvalue weighted by Crippen LogP contribution is -2.42. The molecule has 1 unspecified atom stereocenters. The Morgan fingerprint density at radius 3 is 2.61 bits per heavy atom. The molecule has 0 radical (unpaired) electrons. The summed E-state index contributed by atoms with van der Waals surface area (Å²) in [6, 6.07) is 15.0. The first-order chi connectivity index (χ1) is 15.7. The average Bonchev–Trinajstić information content (AvgIpc) is 3.07. The average molecular weight is 460 g/mol. The van der Waals surface area contributed by atoms with E-state index in [-0.39, 0.29) is 22.4 Å². The van der Waals surface area contributed by atoms with Gasteiger partial charge in [0.05, 0.1) is 21.2 Å². The summed E-state index contributed by atoms with van der Waals surface area (Å²) in [7, 11) is 0. The molecule has 0 spiro atoms. The third kappa shape index (κ3) is 3.76. The molecule has 2 aromatic carbocycles. The van der Waals surface area contributed by atoms with Gasteiger partial charge in [-0.25, -0.2) is 4.99 Å². The topological polar surface area (TPSA) is 94.6 Å². The van der Waals surface area contributed by atoms with Gasteiger partial charge in [-0.15, -0.1) is 0 Å². The minimum atomic E-state index is -0.738. The maximum Gasteiger partial charge on any atom is 0.271 e. The number of non-ortho nitro benzene ring substituents is 1. The van der Waals surface area contributed by atoms with E-state index in [1.165, 1.54) is 28.0 Å². The maximum atomic E-state index is 13.5. The molecular formula is C25H21N3O4S. The van der Waals surface area contributed by atoms with Gasteiger partial charge in [-0.2, -0.15) is 0 Å². The first-order valence-electron chi connectivity index (χ1n) is 10.6. The van der Waals surface area contributed by atoms with E-state index in [0.717, 1.165) is 5.56 Å². The van der Waals surface area contributed by atoms with Crippen LogP contribution >= 0.6 is 11.3 Å². The zero-order chi connectivity index (χ0) is 23.3. The second-order valence-corrected chi connectivity index (χ2v) is 10.2. The molecule has 166 valence electrons. The summed E-state index contributed by atoms with van der Waals surface area (Å²) < 4.78 is 2.02. The minimum absolute atomic E-state index is 0.0705. The second kappa shape index (κ2) is 7.74. The summed E-state index contributed by atoms with van der Waals surface area (Å²) in [5, 5.41) is 11.4. The van der Waals surface area contributed by atoms with Gasteiger partial charge in [0.1, 0.15) is 0 Å². The number of allylic oxidation sites excluding steroid dienone is 2. The Morgan fingerprint density at radius 1 is 1.12 bits per heavy atom. The lowest BCUT2D eigenvalue weighted by Gasteiger charge is -2.35. The molecule has 0 saturated carbocycles. The molecule has 0 N–H and O–H groups in total. The molecule has 1 atom stereocenters. The molecule has 8 heteroatoms. The molecule has 1 aromatic heterocycles. The van der Waals surface area contributed by atoms with Crippen LogP contribution in [0.1, 0.15) is 43.9 Å². The highest BCUT2D eigenvalue weighted by atomic mass is 32.1. The molecule has 3 aromatic rings. The number of hydrogen-bond donors (Lipinski definition) is 0.